The smallest absolute Gasteiger partial charge is 0.219 e. The van der Waals surface area contributed by atoms with Crippen LogP contribution in [0.25, 0.3) is 0 Å². The lowest BCUT2D eigenvalue weighted by atomic mass is 10.1. The number of rotatable bonds is 0. The minimum atomic E-state index is 0.198. The lowest BCUT2D eigenvalue weighted by Gasteiger charge is -2.28. The van der Waals surface area contributed by atoms with Crippen LogP contribution >= 0.6 is 15.9 Å². The van der Waals surface area contributed by atoms with Gasteiger partial charge in [0.25, 0.3) is 0 Å². The molecule has 10 heavy (non-hydrogen) atoms. The summed E-state index contributed by atoms with van der Waals surface area (Å²) in [6.45, 7) is 3.46. The van der Waals surface area contributed by atoms with Gasteiger partial charge in [-0.1, -0.05) is 15.9 Å². The number of hydrogen-bond donors (Lipinski definition) is 0. The van der Waals surface area contributed by atoms with Crippen LogP contribution < -0.4 is 0 Å². The molecule has 58 valence electrons. The molecule has 1 rings (SSSR count). The first-order valence-corrected chi connectivity index (χ1v) is 4.51. The normalized spacial score (nSPS) is 26.6. The fourth-order valence-electron chi connectivity index (χ4n) is 1.21. The summed E-state index contributed by atoms with van der Waals surface area (Å²) in [5, 5.41) is 0. The van der Waals surface area contributed by atoms with Crippen LogP contribution in [0.4, 0.5) is 0 Å². The zero-order chi connectivity index (χ0) is 7.56. The third-order valence-corrected chi connectivity index (χ3v) is 2.56. The maximum atomic E-state index is 10.8. The number of carbonyl (C=O) groups excluding carboxylic acids is 1. The highest BCUT2D eigenvalue weighted by Crippen LogP contribution is 2.16. The molecular weight excluding hydrogens is 194 g/mol. The Kier molecular flexibility index (Phi) is 2.72. The van der Waals surface area contributed by atoms with Crippen LogP contribution in [0.3, 0.4) is 0 Å². The van der Waals surface area contributed by atoms with E-state index in [2.05, 4.69) is 15.9 Å². The summed E-state index contributed by atoms with van der Waals surface area (Å²) in [4.78, 5) is 13.3. The summed E-state index contributed by atoms with van der Waals surface area (Å²) < 4.78 is 0. The van der Waals surface area contributed by atoms with Gasteiger partial charge >= 0.3 is 0 Å². The van der Waals surface area contributed by atoms with Crippen molar-refractivity contribution in [2.24, 2.45) is 0 Å². The summed E-state index contributed by atoms with van der Waals surface area (Å²) in [6, 6.07) is 0. The Bertz CT molecular complexity index is 138. The first-order valence-electron chi connectivity index (χ1n) is 3.59. The number of amides is 1. The van der Waals surface area contributed by atoms with Crippen LogP contribution in [0.5, 0.6) is 0 Å². The molecule has 0 aromatic rings. The van der Waals surface area contributed by atoms with Gasteiger partial charge in [-0.15, -0.1) is 0 Å². The number of hydrogen-bond acceptors (Lipinski definition) is 1. The lowest BCUT2D eigenvalue weighted by molar-refractivity contribution is -0.129. The van der Waals surface area contributed by atoms with E-state index in [0.717, 1.165) is 19.5 Å². The van der Waals surface area contributed by atoms with E-state index in [4.69, 9.17) is 0 Å². The molecule has 0 spiro atoms. The van der Waals surface area contributed by atoms with Crippen molar-refractivity contribution in [3.63, 3.8) is 0 Å². The number of nitrogens with zero attached hydrogens (tertiary/aromatic N) is 1. The molecule has 0 radical (unpaired) electrons. The molecular formula is C7H12BrNO. The zero-order valence-electron chi connectivity index (χ0n) is 6.14. The van der Waals surface area contributed by atoms with Crippen molar-refractivity contribution >= 4 is 21.8 Å². The molecule has 0 saturated carbocycles. The fourth-order valence-corrected chi connectivity index (χ4v) is 1.88. The molecule has 1 fully saturated rings. The van der Waals surface area contributed by atoms with Gasteiger partial charge in [0.1, 0.15) is 0 Å². The van der Waals surface area contributed by atoms with E-state index in [9.17, 15) is 4.79 Å². The minimum absolute atomic E-state index is 0.198. The molecule has 0 aliphatic carbocycles. The molecule has 3 heteroatoms. The summed E-state index contributed by atoms with van der Waals surface area (Å²) in [6.07, 6.45) is 2.33. The van der Waals surface area contributed by atoms with Crippen molar-refractivity contribution in [1.82, 2.24) is 4.90 Å². The van der Waals surface area contributed by atoms with Crippen LogP contribution in [-0.4, -0.2) is 28.7 Å². The first kappa shape index (κ1) is 8.05. The van der Waals surface area contributed by atoms with E-state index in [-0.39, 0.29) is 5.91 Å². The molecule has 1 aliphatic rings. The monoisotopic (exact) mass is 205 g/mol. The van der Waals surface area contributed by atoms with Crippen molar-refractivity contribution in [1.29, 1.82) is 0 Å². The zero-order valence-corrected chi connectivity index (χ0v) is 7.73. The second kappa shape index (κ2) is 3.37. The number of halogens is 1. The van der Waals surface area contributed by atoms with E-state index < -0.39 is 0 Å². The van der Waals surface area contributed by atoms with E-state index in [1.54, 1.807) is 6.92 Å². The molecule has 0 N–H and O–H groups in total. The summed E-state index contributed by atoms with van der Waals surface area (Å²) in [7, 11) is 0. The topological polar surface area (TPSA) is 20.3 Å². The highest BCUT2D eigenvalue weighted by atomic mass is 79.9. The van der Waals surface area contributed by atoms with Crippen molar-refractivity contribution in [2.75, 3.05) is 13.1 Å². The molecule has 1 heterocycles. The third-order valence-electron chi connectivity index (χ3n) is 1.81. The van der Waals surface area contributed by atoms with Crippen molar-refractivity contribution in [3.05, 3.63) is 0 Å². The van der Waals surface area contributed by atoms with Gasteiger partial charge < -0.3 is 4.90 Å². The Balaban J connectivity index is 2.39. The number of alkyl halides is 1. The van der Waals surface area contributed by atoms with Crippen LogP contribution in [0.15, 0.2) is 0 Å². The maximum absolute atomic E-state index is 10.8. The Hall–Kier alpha value is -0.0500. The molecule has 1 amide bonds. The van der Waals surface area contributed by atoms with Gasteiger partial charge in [0.2, 0.25) is 5.91 Å². The summed E-state index contributed by atoms with van der Waals surface area (Å²) >= 11 is 3.50. The predicted molar refractivity (Wildman–Crippen MR) is 44.2 cm³/mol. The predicted octanol–water partition coefficient (Wildman–Crippen LogP) is 1.39. The second-order valence-electron chi connectivity index (χ2n) is 2.70. The number of likely N-dealkylation sites (tertiary alicyclic amines) is 1. The quantitative estimate of drug-likeness (QED) is 0.548. The van der Waals surface area contributed by atoms with Gasteiger partial charge in [-0.3, -0.25) is 4.79 Å². The SMILES string of the molecule is CC(=O)N1CCC[C@@H](Br)C1. The Morgan fingerprint density at radius 2 is 2.40 bits per heavy atom. The Labute approximate surface area is 69.7 Å². The van der Waals surface area contributed by atoms with Gasteiger partial charge in [0.15, 0.2) is 0 Å². The molecule has 2 nitrogen and oxygen atoms in total. The van der Waals surface area contributed by atoms with Gasteiger partial charge in [0, 0.05) is 24.8 Å². The Morgan fingerprint density at radius 1 is 1.70 bits per heavy atom. The standard InChI is InChI=1S/C7H12BrNO/c1-6(10)9-4-2-3-7(8)5-9/h7H,2-5H2,1H3/t7-/m1/s1. The van der Waals surface area contributed by atoms with E-state index in [0.29, 0.717) is 4.83 Å². The molecule has 1 saturated heterocycles. The number of piperidine rings is 1. The summed E-state index contributed by atoms with van der Waals surface area (Å²) in [5.74, 6) is 0.198. The van der Waals surface area contributed by atoms with Crippen LogP contribution in [0.2, 0.25) is 0 Å². The molecule has 1 aliphatic heterocycles. The van der Waals surface area contributed by atoms with E-state index in [1.165, 1.54) is 6.42 Å². The van der Waals surface area contributed by atoms with E-state index in [1.807, 2.05) is 4.90 Å². The van der Waals surface area contributed by atoms with Crippen molar-refractivity contribution < 1.29 is 4.79 Å². The van der Waals surface area contributed by atoms with Gasteiger partial charge in [-0.25, -0.2) is 0 Å². The minimum Gasteiger partial charge on any atom is -0.342 e. The fraction of sp³-hybridized carbons (Fsp3) is 0.857. The number of carbonyl (C=O) groups is 1. The van der Waals surface area contributed by atoms with Gasteiger partial charge in [-0.05, 0) is 12.8 Å². The van der Waals surface area contributed by atoms with E-state index >= 15 is 0 Å². The van der Waals surface area contributed by atoms with Gasteiger partial charge in [-0.2, -0.15) is 0 Å². The van der Waals surface area contributed by atoms with Crippen molar-refractivity contribution in [3.8, 4) is 0 Å². The molecule has 0 aromatic carbocycles. The van der Waals surface area contributed by atoms with Crippen molar-refractivity contribution in [2.45, 2.75) is 24.6 Å². The molecule has 0 bridgehead atoms. The molecule has 0 unspecified atom stereocenters. The van der Waals surface area contributed by atoms with Crippen LogP contribution in [0, 0.1) is 0 Å². The maximum Gasteiger partial charge on any atom is 0.219 e. The summed E-state index contributed by atoms with van der Waals surface area (Å²) in [5.41, 5.74) is 0. The lowest BCUT2D eigenvalue weighted by Crippen LogP contribution is -2.38. The molecule has 0 aromatic heterocycles. The highest BCUT2D eigenvalue weighted by Gasteiger charge is 2.18. The van der Waals surface area contributed by atoms with Gasteiger partial charge in [0.05, 0.1) is 0 Å². The average molecular weight is 206 g/mol. The largest absolute Gasteiger partial charge is 0.342 e. The highest BCUT2D eigenvalue weighted by molar-refractivity contribution is 9.09. The van der Waals surface area contributed by atoms with Crippen LogP contribution in [0.1, 0.15) is 19.8 Å². The Morgan fingerprint density at radius 3 is 2.80 bits per heavy atom. The average Bonchev–Trinajstić information content (AvgIpc) is 1.88. The second-order valence-corrected chi connectivity index (χ2v) is 4.00. The third kappa shape index (κ3) is 1.97. The molecule has 1 atom stereocenters. The van der Waals surface area contributed by atoms with Crippen LogP contribution in [-0.2, 0) is 4.79 Å². The first-order chi connectivity index (χ1) is 4.70.